The molecule has 1 atom stereocenters. The molecule has 0 N–H and O–H groups in total. The monoisotopic (exact) mass is 177 g/mol. The van der Waals surface area contributed by atoms with Crippen molar-refractivity contribution in [3.05, 3.63) is 0 Å². The zero-order valence-corrected chi connectivity index (χ0v) is 8.05. The molecule has 0 aromatic heterocycles. The van der Waals surface area contributed by atoms with E-state index in [1.807, 2.05) is 11.8 Å². The summed E-state index contributed by atoms with van der Waals surface area (Å²) in [5.41, 5.74) is -0.0561. The normalized spacial score (nSPS) is 29.8. The largest absolute Gasteiger partial charge is 0.328 e. The molecule has 2 nitrogen and oxygen atoms in total. The van der Waals surface area contributed by atoms with Gasteiger partial charge in [-0.05, 0) is 25.7 Å². The Kier molecular flexibility index (Phi) is 1.83. The van der Waals surface area contributed by atoms with E-state index in [0.717, 1.165) is 32.2 Å². The maximum absolute atomic E-state index is 11.9. The molecule has 1 heterocycles. The van der Waals surface area contributed by atoms with Gasteiger partial charge in [0.25, 0.3) is 0 Å². The number of carbonyl (C=O) groups is 1. The maximum Gasteiger partial charge on any atom is 0.229 e. The van der Waals surface area contributed by atoms with Gasteiger partial charge in [-0.3, -0.25) is 4.79 Å². The lowest BCUT2D eigenvalue weighted by atomic mass is 10.1. The molecule has 1 saturated carbocycles. The van der Waals surface area contributed by atoms with Gasteiger partial charge in [-0.2, -0.15) is 0 Å². The van der Waals surface area contributed by atoms with Gasteiger partial charge in [-0.25, -0.2) is 0 Å². The van der Waals surface area contributed by atoms with Crippen molar-refractivity contribution in [3.8, 4) is 12.3 Å². The van der Waals surface area contributed by atoms with E-state index in [0.29, 0.717) is 0 Å². The zero-order chi connectivity index (χ0) is 9.47. The van der Waals surface area contributed by atoms with Gasteiger partial charge in [0.05, 0.1) is 6.04 Å². The first-order valence-corrected chi connectivity index (χ1v) is 4.94. The van der Waals surface area contributed by atoms with Crippen LogP contribution in [0.4, 0.5) is 0 Å². The number of likely N-dealkylation sites (tertiary alicyclic amines) is 1. The van der Waals surface area contributed by atoms with E-state index in [4.69, 9.17) is 6.42 Å². The van der Waals surface area contributed by atoms with Crippen LogP contribution in [-0.4, -0.2) is 23.4 Å². The quantitative estimate of drug-likeness (QED) is 0.554. The number of terminal acetylenes is 1. The Bertz CT molecular complexity index is 272. The third-order valence-corrected chi connectivity index (χ3v) is 3.22. The minimum absolute atomic E-state index is 0.0561. The molecule has 2 fully saturated rings. The summed E-state index contributed by atoms with van der Waals surface area (Å²) in [6.45, 7) is 2.91. The smallest absolute Gasteiger partial charge is 0.229 e. The Labute approximate surface area is 79.3 Å². The number of rotatable bonds is 1. The van der Waals surface area contributed by atoms with Gasteiger partial charge in [-0.1, -0.05) is 12.8 Å². The van der Waals surface area contributed by atoms with Crippen molar-refractivity contribution in [1.29, 1.82) is 0 Å². The molecular formula is C11H15NO. The van der Waals surface area contributed by atoms with Gasteiger partial charge < -0.3 is 4.90 Å². The fourth-order valence-electron chi connectivity index (χ4n) is 1.93. The molecule has 0 radical (unpaired) electrons. The van der Waals surface area contributed by atoms with Crippen LogP contribution in [0.25, 0.3) is 0 Å². The summed E-state index contributed by atoms with van der Waals surface area (Å²) in [6.07, 6.45) is 9.51. The predicted molar refractivity (Wildman–Crippen MR) is 50.9 cm³/mol. The number of nitrogens with zero attached hydrogens (tertiary/aromatic N) is 1. The van der Waals surface area contributed by atoms with Crippen molar-refractivity contribution in [2.75, 3.05) is 6.54 Å². The van der Waals surface area contributed by atoms with Crippen LogP contribution in [0.3, 0.4) is 0 Å². The highest BCUT2D eigenvalue weighted by molar-refractivity contribution is 5.85. The predicted octanol–water partition coefficient (Wildman–Crippen LogP) is 1.41. The average molecular weight is 177 g/mol. The van der Waals surface area contributed by atoms with Crippen LogP contribution in [0.2, 0.25) is 0 Å². The van der Waals surface area contributed by atoms with Gasteiger partial charge in [-0.15, -0.1) is 6.42 Å². The van der Waals surface area contributed by atoms with Crippen LogP contribution in [-0.2, 0) is 4.79 Å². The van der Waals surface area contributed by atoms with Gasteiger partial charge >= 0.3 is 0 Å². The first-order chi connectivity index (χ1) is 6.17. The fraction of sp³-hybridized carbons (Fsp3) is 0.727. The molecule has 1 aliphatic carbocycles. The Morgan fingerprint density at radius 1 is 1.62 bits per heavy atom. The van der Waals surface area contributed by atoms with E-state index in [1.54, 1.807) is 0 Å². The van der Waals surface area contributed by atoms with Crippen LogP contribution < -0.4 is 0 Å². The van der Waals surface area contributed by atoms with E-state index in [-0.39, 0.29) is 17.4 Å². The van der Waals surface area contributed by atoms with Crippen LogP contribution in [0, 0.1) is 17.8 Å². The minimum atomic E-state index is -0.0561. The number of amides is 1. The van der Waals surface area contributed by atoms with Gasteiger partial charge in [0.15, 0.2) is 0 Å². The van der Waals surface area contributed by atoms with Crippen molar-refractivity contribution in [3.63, 3.8) is 0 Å². The molecule has 0 spiro atoms. The van der Waals surface area contributed by atoms with E-state index < -0.39 is 0 Å². The van der Waals surface area contributed by atoms with Gasteiger partial charge in [0.1, 0.15) is 0 Å². The first kappa shape index (κ1) is 8.62. The van der Waals surface area contributed by atoms with Crippen LogP contribution >= 0.6 is 0 Å². The highest BCUT2D eigenvalue weighted by Crippen LogP contribution is 2.47. The zero-order valence-electron chi connectivity index (χ0n) is 8.05. The second kappa shape index (κ2) is 2.77. The highest BCUT2D eigenvalue weighted by Gasteiger charge is 2.48. The lowest BCUT2D eigenvalue weighted by Crippen LogP contribution is -2.38. The molecule has 1 unspecified atom stereocenters. The standard InChI is InChI=1S/C11H15NO/c1-3-9-5-4-8-12(9)10(13)11(2)6-7-11/h1,9H,4-8H2,2H3. The second-order valence-electron chi connectivity index (χ2n) is 4.38. The third kappa shape index (κ3) is 1.33. The molecule has 0 bridgehead atoms. The summed E-state index contributed by atoms with van der Waals surface area (Å²) in [5, 5.41) is 0. The van der Waals surface area contributed by atoms with Crippen molar-refractivity contribution < 1.29 is 4.79 Å². The summed E-state index contributed by atoms with van der Waals surface area (Å²) in [6, 6.07) is 0.0740. The van der Waals surface area contributed by atoms with Crippen LogP contribution in [0.15, 0.2) is 0 Å². The number of hydrogen-bond acceptors (Lipinski definition) is 1. The molecule has 2 heteroatoms. The molecule has 1 aliphatic heterocycles. The Hall–Kier alpha value is -0.970. The topological polar surface area (TPSA) is 20.3 Å². The van der Waals surface area contributed by atoms with Crippen LogP contribution in [0.1, 0.15) is 32.6 Å². The molecule has 70 valence electrons. The average Bonchev–Trinajstić information content (AvgIpc) is 2.71. The molecule has 2 aliphatic rings. The molecule has 0 aromatic rings. The van der Waals surface area contributed by atoms with E-state index in [1.165, 1.54) is 0 Å². The summed E-state index contributed by atoms with van der Waals surface area (Å²) < 4.78 is 0. The third-order valence-electron chi connectivity index (χ3n) is 3.22. The summed E-state index contributed by atoms with van der Waals surface area (Å²) in [7, 11) is 0. The number of carbonyl (C=O) groups excluding carboxylic acids is 1. The number of hydrogen-bond donors (Lipinski definition) is 0. The second-order valence-corrected chi connectivity index (χ2v) is 4.38. The molecule has 1 amide bonds. The van der Waals surface area contributed by atoms with Crippen molar-refractivity contribution >= 4 is 5.91 Å². The lowest BCUT2D eigenvalue weighted by molar-refractivity contribution is -0.136. The van der Waals surface area contributed by atoms with E-state index >= 15 is 0 Å². The molecule has 13 heavy (non-hydrogen) atoms. The van der Waals surface area contributed by atoms with Crippen LogP contribution in [0.5, 0.6) is 0 Å². The first-order valence-electron chi connectivity index (χ1n) is 4.94. The SMILES string of the molecule is C#CC1CCCN1C(=O)C1(C)CC1. The van der Waals surface area contributed by atoms with Gasteiger partial charge in [0, 0.05) is 12.0 Å². The highest BCUT2D eigenvalue weighted by atomic mass is 16.2. The summed E-state index contributed by atoms with van der Waals surface area (Å²) >= 11 is 0. The minimum Gasteiger partial charge on any atom is -0.328 e. The van der Waals surface area contributed by atoms with Crippen molar-refractivity contribution in [2.45, 2.75) is 38.6 Å². The molecule has 0 aromatic carbocycles. The fourth-order valence-corrected chi connectivity index (χ4v) is 1.93. The van der Waals surface area contributed by atoms with E-state index in [2.05, 4.69) is 5.92 Å². The van der Waals surface area contributed by atoms with Crippen molar-refractivity contribution in [1.82, 2.24) is 4.90 Å². The summed E-state index contributed by atoms with van der Waals surface area (Å²) in [5.74, 6) is 2.99. The lowest BCUT2D eigenvalue weighted by Gasteiger charge is -2.23. The Morgan fingerprint density at radius 3 is 2.85 bits per heavy atom. The Balaban J connectivity index is 2.08. The molecular weight excluding hydrogens is 162 g/mol. The Morgan fingerprint density at radius 2 is 2.31 bits per heavy atom. The maximum atomic E-state index is 11.9. The summed E-state index contributed by atoms with van der Waals surface area (Å²) in [4.78, 5) is 13.8. The van der Waals surface area contributed by atoms with E-state index in [9.17, 15) is 4.79 Å². The van der Waals surface area contributed by atoms with Crippen molar-refractivity contribution in [2.24, 2.45) is 5.41 Å². The molecule has 2 rings (SSSR count). The van der Waals surface area contributed by atoms with Gasteiger partial charge in [0.2, 0.25) is 5.91 Å². The molecule has 1 saturated heterocycles.